The van der Waals surface area contributed by atoms with Crippen molar-refractivity contribution in [1.29, 1.82) is 0 Å². The molecule has 0 spiro atoms. The Kier molecular flexibility index (Phi) is 3.97. The summed E-state index contributed by atoms with van der Waals surface area (Å²) in [5.41, 5.74) is 2.34. The Morgan fingerprint density at radius 3 is 2.82 bits per heavy atom. The number of amides is 1. The number of pyridine rings is 1. The maximum atomic E-state index is 12.3. The molecule has 1 atom stereocenters. The third kappa shape index (κ3) is 3.04. The largest absolute Gasteiger partial charge is 0.344 e. The van der Waals surface area contributed by atoms with Gasteiger partial charge < -0.3 is 5.32 Å². The minimum Gasteiger partial charge on any atom is -0.344 e. The van der Waals surface area contributed by atoms with E-state index in [1.54, 1.807) is 28.7 Å². The Hall–Kier alpha value is -2.54. The van der Waals surface area contributed by atoms with Crippen molar-refractivity contribution in [2.45, 2.75) is 13.0 Å². The predicted octanol–water partition coefficient (Wildman–Crippen LogP) is 2.43. The summed E-state index contributed by atoms with van der Waals surface area (Å²) in [6.45, 7) is 1.93. The van der Waals surface area contributed by atoms with Crippen LogP contribution in [0.15, 0.2) is 42.3 Å². The maximum absolute atomic E-state index is 12.3. The van der Waals surface area contributed by atoms with E-state index in [4.69, 9.17) is 0 Å². The number of nitrogens with one attached hydrogen (secondary N) is 1. The molecule has 112 valence electrons. The molecule has 0 aliphatic heterocycles. The molecule has 1 amide bonds. The van der Waals surface area contributed by atoms with Crippen molar-refractivity contribution < 1.29 is 4.79 Å². The first kappa shape index (κ1) is 14.4. The minimum absolute atomic E-state index is 0.0981. The molecule has 0 radical (unpaired) electrons. The Bertz CT molecular complexity index is 780. The van der Waals surface area contributed by atoms with E-state index in [9.17, 15) is 4.79 Å². The van der Waals surface area contributed by atoms with Crippen LogP contribution in [0.1, 0.15) is 29.0 Å². The van der Waals surface area contributed by atoms with Crippen LogP contribution in [0.2, 0.25) is 0 Å². The summed E-state index contributed by atoms with van der Waals surface area (Å²) >= 11 is 1.43. The summed E-state index contributed by atoms with van der Waals surface area (Å²) < 4.78 is 1.71. The van der Waals surface area contributed by atoms with Crippen LogP contribution < -0.4 is 5.32 Å². The van der Waals surface area contributed by atoms with Gasteiger partial charge in [-0.25, -0.2) is 4.98 Å². The monoisotopic (exact) mass is 313 g/mol. The van der Waals surface area contributed by atoms with Gasteiger partial charge in [-0.15, -0.1) is 11.3 Å². The average molecular weight is 313 g/mol. The molecule has 3 heterocycles. The van der Waals surface area contributed by atoms with Crippen LogP contribution in [0.3, 0.4) is 0 Å². The van der Waals surface area contributed by atoms with Crippen molar-refractivity contribution in [2.24, 2.45) is 7.05 Å². The molecule has 22 heavy (non-hydrogen) atoms. The lowest BCUT2D eigenvalue weighted by atomic mass is 10.1. The van der Waals surface area contributed by atoms with Crippen LogP contribution in [-0.4, -0.2) is 25.7 Å². The van der Waals surface area contributed by atoms with Gasteiger partial charge in [0.15, 0.2) is 0 Å². The summed E-state index contributed by atoms with van der Waals surface area (Å²) in [4.78, 5) is 20.6. The van der Waals surface area contributed by atoms with E-state index in [1.165, 1.54) is 11.3 Å². The van der Waals surface area contributed by atoms with Gasteiger partial charge in [-0.3, -0.25) is 14.5 Å². The number of thiazole rings is 1. The van der Waals surface area contributed by atoms with E-state index < -0.39 is 0 Å². The van der Waals surface area contributed by atoms with Crippen molar-refractivity contribution in [3.63, 3.8) is 0 Å². The Labute approximate surface area is 131 Å². The summed E-state index contributed by atoms with van der Waals surface area (Å²) in [6.07, 6.45) is 7.03. The summed E-state index contributed by atoms with van der Waals surface area (Å²) in [7, 11) is 1.85. The number of carbonyl (C=O) groups is 1. The molecule has 0 aromatic carbocycles. The molecule has 1 N–H and O–H groups in total. The first-order valence-corrected chi connectivity index (χ1v) is 7.67. The van der Waals surface area contributed by atoms with Gasteiger partial charge in [-0.05, 0) is 24.6 Å². The molecule has 7 heteroatoms. The van der Waals surface area contributed by atoms with Gasteiger partial charge in [0, 0.05) is 36.6 Å². The molecule has 0 aliphatic carbocycles. The van der Waals surface area contributed by atoms with Crippen molar-refractivity contribution in [3.05, 3.63) is 53.6 Å². The highest BCUT2D eigenvalue weighted by Crippen LogP contribution is 2.23. The van der Waals surface area contributed by atoms with Crippen molar-refractivity contribution in [3.8, 4) is 10.6 Å². The molecule has 1 unspecified atom stereocenters. The minimum atomic E-state index is -0.185. The Morgan fingerprint density at radius 1 is 1.36 bits per heavy atom. The number of aryl methyl sites for hydroxylation is 1. The molecule has 6 nitrogen and oxygen atoms in total. The fourth-order valence-electron chi connectivity index (χ4n) is 2.05. The van der Waals surface area contributed by atoms with Gasteiger partial charge >= 0.3 is 0 Å². The maximum Gasteiger partial charge on any atom is 0.271 e. The Balaban J connectivity index is 1.72. The molecule has 3 rings (SSSR count). The number of hydrogen-bond acceptors (Lipinski definition) is 5. The molecular weight excluding hydrogens is 298 g/mol. The lowest BCUT2D eigenvalue weighted by Crippen LogP contribution is -2.26. The van der Waals surface area contributed by atoms with E-state index in [0.29, 0.717) is 5.69 Å². The first-order valence-electron chi connectivity index (χ1n) is 6.79. The van der Waals surface area contributed by atoms with Gasteiger partial charge in [0.05, 0.1) is 12.2 Å². The van der Waals surface area contributed by atoms with Crippen LogP contribution in [0.25, 0.3) is 10.6 Å². The highest BCUT2D eigenvalue weighted by atomic mass is 32.1. The number of nitrogens with zero attached hydrogens (tertiary/aromatic N) is 4. The molecule has 0 saturated heterocycles. The van der Waals surface area contributed by atoms with E-state index in [2.05, 4.69) is 20.4 Å². The predicted molar refractivity (Wildman–Crippen MR) is 84.4 cm³/mol. The topological polar surface area (TPSA) is 72.7 Å². The third-order valence-corrected chi connectivity index (χ3v) is 4.13. The van der Waals surface area contributed by atoms with E-state index in [1.807, 2.05) is 32.3 Å². The molecule has 3 aromatic heterocycles. The SMILES string of the molecule is CC(NC(=O)c1csc(-c2cnn(C)c2)n1)c1ccncc1. The normalized spacial score (nSPS) is 12.1. The fraction of sp³-hybridized carbons (Fsp3) is 0.200. The zero-order valence-electron chi connectivity index (χ0n) is 12.2. The van der Waals surface area contributed by atoms with E-state index in [0.717, 1.165) is 16.1 Å². The van der Waals surface area contributed by atoms with Crippen LogP contribution >= 0.6 is 11.3 Å². The lowest BCUT2D eigenvalue weighted by molar-refractivity contribution is 0.0935. The molecule has 0 aliphatic rings. The van der Waals surface area contributed by atoms with Gasteiger partial charge in [0.25, 0.3) is 5.91 Å². The molecular formula is C15H15N5OS. The molecule has 0 fully saturated rings. The fourth-order valence-corrected chi connectivity index (χ4v) is 2.82. The molecule has 0 bridgehead atoms. The van der Waals surface area contributed by atoms with Crippen molar-refractivity contribution in [2.75, 3.05) is 0 Å². The van der Waals surface area contributed by atoms with Gasteiger partial charge in [0.1, 0.15) is 10.7 Å². The second-order valence-corrected chi connectivity index (χ2v) is 5.77. The van der Waals surface area contributed by atoms with E-state index in [-0.39, 0.29) is 11.9 Å². The highest BCUT2D eigenvalue weighted by Gasteiger charge is 2.15. The second-order valence-electron chi connectivity index (χ2n) is 4.92. The third-order valence-electron chi connectivity index (χ3n) is 3.24. The van der Waals surface area contributed by atoms with Gasteiger partial charge in [-0.1, -0.05) is 0 Å². The zero-order chi connectivity index (χ0) is 15.5. The quantitative estimate of drug-likeness (QED) is 0.803. The van der Waals surface area contributed by atoms with Crippen LogP contribution in [0, 0.1) is 0 Å². The van der Waals surface area contributed by atoms with Crippen molar-refractivity contribution >= 4 is 17.2 Å². The summed E-state index contributed by atoms with van der Waals surface area (Å²) in [6, 6.07) is 3.67. The number of aromatic nitrogens is 4. The van der Waals surface area contributed by atoms with Gasteiger partial charge in [0.2, 0.25) is 0 Å². The lowest BCUT2D eigenvalue weighted by Gasteiger charge is -2.12. The average Bonchev–Trinajstić information content (AvgIpc) is 3.16. The standard InChI is InChI=1S/C15H15N5OS/c1-10(11-3-5-16-6-4-11)18-14(21)13-9-22-15(19-13)12-7-17-20(2)8-12/h3-10H,1-2H3,(H,18,21). The summed E-state index contributed by atoms with van der Waals surface area (Å²) in [5, 5.41) is 9.60. The second kappa shape index (κ2) is 6.07. The van der Waals surface area contributed by atoms with Crippen LogP contribution in [0.4, 0.5) is 0 Å². The smallest absolute Gasteiger partial charge is 0.271 e. The van der Waals surface area contributed by atoms with E-state index >= 15 is 0 Å². The van der Waals surface area contributed by atoms with Crippen LogP contribution in [0.5, 0.6) is 0 Å². The number of rotatable bonds is 4. The summed E-state index contributed by atoms with van der Waals surface area (Å²) in [5.74, 6) is -0.185. The van der Waals surface area contributed by atoms with Crippen molar-refractivity contribution in [1.82, 2.24) is 25.1 Å². The number of carbonyl (C=O) groups excluding carboxylic acids is 1. The zero-order valence-corrected chi connectivity index (χ0v) is 13.0. The number of hydrogen-bond donors (Lipinski definition) is 1. The van der Waals surface area contributed by atoms with Gasteiger partial charge in [-0.2, -0.15) is 5.10 Å². The van der Waals surface area contributed by atoms with Crippen LogP contribution in [-0.2, 0) is 7.05 Å². The molecule has 3 aromatic rings. The highest BCUT2D eigenvalue weighted by molar-refractivity contribution is 7.13. The first-order chi connectivity index (χ1) is 10.6. The molecule has 0 saturated carbocycles. The Morgan fingerprint density at radius 2 is 2.14 bits per heavy atom.